The summed E-state index contributed by atoms with van der Waals surface area (Å²) in [6, 6.07) is 0. The molecular weight excluding hydrogens is 320 g/mol. The second-order valence-electron chi connectivity index (χ2n) is 6.09. The molecule has 1 unspecified atom stereocenters. The van der Waals surface area contributed by atoms with Gasteiger partial charge < -0.3 is 5.11 Å². The number of carboxylic acid groups (broad SMARTS) is 1. The standard InChI is InChI=1S/C24H36O2/c1-3-5-6-7-8-9-10-11-12-13-14-15-16-17-18-19-20-21-22-23(4-2)24(25)26/h5-6,8-9,11-12,14-15,17-18,20-21,23H,3-4,7,10,13,16,19,22H2,1-2H3,(H,25,26)/b6-5?,9-8?,12-11?,15-14?,18-17?,21-20+. The molecule has 0 heterocycles. The third-order valence-corrected chi connectivity index (χ3v) is 3.86. The van der Waals surface area contributed by atoms with E-state index in [9.17, 15) is 4.79 Å². The smallest absolute Gasteiger partial charge is 0.306 e. The summed E-state index contributed by atoms with van der Waals surface area (Å²) in [7, 11) is 0. The first-order valence-corrected chi connectivity index (χ1v) is 9.85. The molecule has 0 spiro atoms. The first kappa shape index (κ1) is 23.9. The minimum absolute atomic E-state index is 0.250. The zero-order valence-corrected chi connectivity index (χ0v) is 16.5. The fraction of sp³-hybridized carbons (Fsp3) is 0.458. The van der Waals surface area contributed by atoms with Crippen molar-refractivity contribution in [1.29, 1.82) is 0 Å². The highest BCUT2D eigenvalue weighted by atomic mass is 16.4. The zero-order valence-electron chi connectivity index (χ0n) is 16.5. The fourth-order valence-corrected chi connectivity index (χ4v) is 2.22. The van der Waals surface area contributed by atoms with Crippen LogP contribution in [0.1, 0.15) is 65.2 Å². The van der Waals surface area contributed by atoms with Gasteiger partial charge in [-0.25, -0.2) is 0 Å². The lowest BCUT2D eigenvalue weighted by Crippen LogP contribution is -2.11. The van der Waals surface area contributed by atoms with Crippen LogP contribution in [0.2, 0.25) is 0 Å². The van der Waals surface area contributed by atoms with Crippen LogP contribution in [0.15, 0.2) is 72.9 Å². The van der Waals surface area contributed by atoms with Crippen LogP contribution in [0.25, 0.3) is 0 Å². The molecule has 0 fully saturated rings. The van der Waals surface area contributed by atoms with Gasteiger partial charge in [0.2, 0.25) is 0 Å². The number of aliphatic carboxylic acids is 1. The summed E-state index contributed by atoms with van der Waals surface area (Å²) in [5.74, 6) is -0.952. The second-order valence-corrected chi connectivity index (χ2v) is 6.09. The van der Waals surface area contributed by atoms with Crippen LogP contribution in [0.5, 0.6) is 0 Å². The molecular formula is C24H36O2. The molecule has 26 heavy (non-hydrogen) atoms. The van der Waals surface area contributed by atoms with Crippen LogP contribution in [0.3, 0.4) is 0 Å². The quantitative estimate of drug-likeness (QED) is 0.315. The van der Waals surface area contributed by atoms with Gasteiger partial charge in [-0.3, -0.25) is 4.79 Å². The Morgan fingerprint density at radius 1 is 0.654 bits per heavy atom. The minimum Gasteiger partial charge on any atom is -0.481 e. The van der Waals surface area contributed by atoms with Crippen molar-refractivity contribution in [2.24, 2.45) is 5.92 Å². The van der Waals surface area contributed by atoms with Crippen LogP contribution in [-0.2, 0) is 4.79 Å². The lowest BCUT2D eigenvalue weighted by atomic mass is 10.0. The average molecular weight is 357 g/mol. The Hall–Kier alpha value is -2.09. The molecule has 1 atom stereocenters. The number of allylic oxidation sites excluding steroid dienone is 12. The number of rotatable bonds is 15. The maximum atomic E-state index is 10.9. The van der Waals surface area contributed by atoms with E-state index in [-0.39, 0.29) is 5.92 Å². The van der Waals surface area contributed by atoms with Gasteiger partial charge >= 0.3 is 5.97 Å². The largest absolute Gasteiger partial charge is 0.481 e. The molecule has 0 radical (unpaired) electrons. The van der Waals surface area contributed by atoms with Crippen LogP contribution < -0.4 is 0 Å². The van der Waals surface area contributed by atoms with E-state index in [4.69, 9.17) is 5.11 Å². The number of hydrogen-bond donors (Lipinski definition) is 1. The van der Waals surface area contributed by atoms with Crippen LogP contribution in [0, 0.1) is 5.92 Å². The Bertz CT molecular complexity index is 504. The van der Waals surface area contributed by atoms with Crippen LogP contribution in [0.4, 0.5) is 0 Å². The number of hydrogen-bond acceptors (Lipinski definition) is 1. The van der Waals surface area contributed by atoms with Crippen molar-refractivity contribution in [1.82, 2.24) is 0 Å². The van der Waals surface area contributed by atoms with Gasteiger partial charge in [0.05, 0.1) is 5.92 Å². The maximum absolute atomic E-state index is 10.9. The van der Waals surface area contributed by atoms with Gasteiger partial charge in [-0.1, -0.05) is 86.8 Å². The predicted molar refractivity (Wildman–Crippen MR) is 114 cm³/mol. The molecule has 0 rings (SSSR count). The first-order chi connectivity index (χ1) is 12.7. The normalized spacial score (nSPS) is 14.2. The highest BCUT2D eigenvalue weighted by molar-refractivity contribution is 5.70. The summed E-state index contributed by atoms with van der Waals surface area (Å²) >= 11 is 0. The van der Waals surface area contributed by atoms with Crippen LogP contribution in [-0.4, -0.2) is 11.1 Å². The molecule has 0 amide bonds. The maximum Gasteiger partial charge on any atom is 0.306 e. The zero-order chi connectivity index (χ0) is 19.3. The van der Waals surface area contributed by atoms with E-state index < -0.39 is 5.97 Å². The highest BCUT2D eigenvalue weighted by Gasteiger charge is 2.11. The van der Waals surface area contributed by atoms with Gasteiger partial charge in [0.1, 0.15) is 0 Å². The summed E-state index contributed by atoms with van der Waals surface area (Å²) in [5, 5.41) is 8.95. The summed E-state index contributed by atoms with van der Waals surface area (Å²) < 4.78 is 0. The Kier molecular flexibility index (Phi) is 17.7. The molecule has 0 aromatic heterocycles. The van der Waals surface area contributed by atoms with Crippen LogP contribution >= 0.6 is 0 Å². The second kappa shape index (κ2) is 19.2. The molecule has 0 aliphatic rings. The Balaban J connectivity index is 3.65. The SMILES string of the molecule is CCC=CCC=CCC=CCC=CCC=CC/C=C/CC(CC)C(=O)O. The van der Waals surface area contributed by atoms with Gasteiger partial charge in [-0.05, 0) is 51.4 Å². The summed E-state index contributed by atoms with van der Waals surface area (Å²) in [6.45, 7) is 4.06. The Labute approximate surface area is 160 Å². The van der Waals surface area contributed by atoms with E-state index in [2.05, 4.69) is 67.7 Å². The molecule has 0 bridgehead atoms. The molecule has 0 aliphatic carbocycles. The van der Waals surface area contributed by atoms with E-state index in [0.29, 0.717) is 12.8 Å². The average Bonchev–Trinajstić information content (AvgIpc) is 2.63. The monoisotopic (exact) mass is 356 g/mol. The van der Waals surface area contributed by atoms with Gasteiger partial charge in [-0.2, -0.15) is 0 Å². The number of carbonyl (C=O) groups is 1. The van der Waals surface area contributed by atoms with Gasteiger partial charge in [0.25, 0.3) is 0 Å². The molecule has 2 heteroatoms. The lowest BCUT2D eigenvalue weighted by molar-refractivity contribution is -0.141. The van der Waals surface area contributed by atoms with Crippen molar-refractivity contribution >= 4 is 5.97 Å². The van der Waals surface area contributed by atoms with E-state index in [0.717, 1.165) is 38.5 Å². The van der Waals surface area contributed by atoms with E-state index in [1.54, 1.807) is 0 Å². The lowest BCUT2D eigenvalue weighted by Gasteiger charge is -2.04. The van der Waals surface area contributed by atoms with E-state index in [1.165, 1.54) is 0 Å². The molecule has 1 N–H and O–H groups in total. The van der Waals surface area contributed by atoms with Crippen molar-refractivity contribution in [3.63, 3.8) is 0 Å². The molecule has 2 nitrogen and oxygen atoms in total. The topological polar surface area (TPSA) is 37.3 Å². The summed E-state index contributed by atoms with van der Waals surface area (Å²) in [6.07, 6.45) is 33.1. The molecule has 0 aromatic rings. The molecule has 144 valence electrons. The molecule has 0 saturated heterocycles. The third-order valence-electron chi connectivity index (χ3n) is 3.86. The number of carboxylic acids is 1. The minimum atomic E-state index is -0.702. The summed E-state index contributed by atoms with van der Waals surface area (Å²) in [5.41, 5.74) is 0. The first-order valence-electron chi connectivity index (χ1n) is 9.85. The predicted octanol–water partition coefficient (Wildman–Crippen LogP) is 7.19. The molecule has 0 aliphatic heterocycles. The van der Waals surface area contributed by atoms with E-state index in [1.807, 2.05) is 19.1 Å². The van der Waals surface area contributed by atoms with Crippen molar-refractivity contribution in [3.05, 3.63) is 72.9 Å². The third kappa shape index (κ3) is 16.8. The van der Waals surface area contributed by atoms with Crippen molar-refractivity contribution in [2.75, 3.05) is 0 Å². The van der Waals surface area contributed by atoms with Crippen molar-refractivity contribution in [3.8, 4) is 0 Å². The van der Waals surface area contributed by atoms with Gasteiger partial charge in [0.15, 0.2) is 0 Å². The summed E-state index contributed by atoms with van der Waals surface area (Å²) in [4.78, 5) is 10.9. The van der Waals surface area contributed by atoms with Crippen molar-refractivity contribution < 1.29 is 9.90 Å². The molecule has 0 saturated carbocycles. The molecule has 0 aromatic carbocycles. The van der Waals surface area contributed by atoms with Gasteiger partial charge in [0, 0.05) is 0 Å². The fourth-order valence-electron chi connectivity index (χ4n) is 2.22. The Morgan fingerprint density at radius 2 is 1.00 bits per heavy atom. The Morgan fingerprint density at radius 3 is 1.31 bits per heavy atom. The van der Waals surface area contributed by atoms with E-state index >= 15 is 0 Å². The highest BCUT2D eigenvalue weighted by Crippen LogP contribution is 2.09. The van der Waals surface area contributed by atoms with Crippen molar-refractivity contribution in [2.45, 2.75) is 65.2 Å². The van der Waals surface area contributed by atoms with Gasteiger partial charge in [-0.15, -0.1) is 0 Å².